The first-order chi connectivity index (χ1) is 20.5. The van der Waals surface area contributed by atoms with Gasteiger partial charge in [-0.05, 0) is 57.0 Å². The average Bonchev–Trinajstić information content (AvgIpc) is 3.74. The summed E-state index contributed by atoms with van der Waals surface area (Å²) in [5, 5.41) is 2.90. The lowest BCUT2D eigenvalue weighted by Gasteiger charge is -2.16. The number of aromatic nitrogens is 3. The predicted molar refractivity (Wildman–Crippen MR) is 156 cm³/mol. The Morgan fingerprint density at radius 1 is 1.05 bits per heavy atom. The van der Waals surface area contributed by atoms with Gasteiger partial charge in [0.15, 0.2) is 15.1 Å². The number of halogens is 2. The highest BCUT2D eigenvalue weighted by molar-refractivity contribution is 7.92. The number of benzene rings is 2. The molecule has 2 heterocycles. The molecule has 0 radical (unpaired) electrons. The summed E-state index contributed by atoms with van der Waals surface area (Å²) in [6.45, 7) is 3.65. The van der Waals surface area contributed by atoms with Crippen LogP contribution in [0.2, 0.25) is 0 Å². The van der Waals surface area contributed by atoms with Crippen LogP contribution in [0, 0.1) is 11.6 Å². The molecule has 1 saturated carbocycles. The first-order valence-electron chi connectivity index (χ1n) is 13.6. The molecule has 0 bridgehead atoms. The molecule has 2 aromatic carbocycles. The number of thiazole rings is 1. The minimum atomic E-state index is -4.49. The molecule has 2 N–H and O–H groups in total. The van der Waals surface area contributed by atoms with Gasteiger partial charge in [0.25, 0.3) is 0 Å². The first kappa shape index (κ1) is 30.6. The van der Waals surface area contributed by atoms with E-state index in [0.29, 0.717) is 27.6 Å². The molecule has 4 aromatic rings. The van der Waals surface area contributed by atoms with Gasteiger partial charge in [0.05, 0.1) is 34.4 Å². The van der Waals surface area contributed by atoms with E-state index in [0.717, 1.165) is 54.5 Å². The third-order valence-corrected chi connectivity index (χ3v) is 9.92. The summed E-state index contributed by atoms with van der Waals surface area (Å²) in [7, 11) is -4.49. The maximum atomic E-state index is 14.7. The molecular weight excluding hydrogens is 600 g/mol. The van der Waals surface area contributed by atoms with Gasteiger partial charge in [0.1, 0.15) is 22.5 Å². The van der Waals surface area contributed by atoms with Crippen LogP contribution >= 0.6 is 11.3 Å². The molecule has 226 valence electrons. The average molecular weight is 630 g/mol. The fourth-order valence-corrected chi connectivity index (χ4v) is 7.38. The maximum Gasteiger partial charge on any atom is 0.246 e. The normalized spacial score (nSPS) is 14.2. The van der Waals surface area contributed by atoms with E-state index < -0.39 is 45.1 Å². The lowest BCUT2D eigenvalue weighted by molar-refractivity contribution is -0.126. The quantitative estimate of drug-likeness (QED) is 0.177. The van der Waals surface area contributed by atoms with Gasteiger partial charge in [-0.2, -0.15) is 0 Å². The van der Waals surface area contributed by atoms with Crippen molar-refractivity contribution in [2.24, 2.45) is 0 Å². The molecule has 1 aliphatic carbocycles. The third-order valence-electron chi connectivity index (χ3n) is 6.61. The summed E-state index contributed by atoms with van der Waals surface area (Å²) in [4.78, 5) is 38.6. The summed E-state index contributed by atoms with van der Waals surface area (Å²) in [5.74, 6) is -1.82. The van der Waals surface area contributed by atoms with Crippen LogP contribution < -0.4 is 10.6 Å². The molecule has 0 saturated heterocycles. The smallest absolute Gasteiger partial charge is 0.246 e. The zero-order chi connectivity index (χ0) is 30.7. The second-order valence-corrected chi connectivity index (χ2v) is 13.4. The summed E-state index contributed by atoms with van der Waals surface area (Å²) in [5.41, 5.74) is 1.03. The summed E-state index contributed by atoms with van der Waals surface area (Å²) < 4.78 is 61.7. The Bertz CT molecular complexity index is 1740. The van der Waals surface area contributed by atoms with Gasteiger partial charge in [0, 0.05) is 42.0 Å². The first-order valence-corrected chi connectivity index (χ1v) is 16.0. The number of nitrogens with one attached hydrogen (secondary N) is 2. The molecular formula is C29H29F2N5O5S2. The molecule has 1 fully saturated rings. The molecule has 1 unspecified atom stereocenters. The van der Waals surface area contributed by atoms with Crippen LogP contribution in [0.15, 0.2) is 53.7 Å². The number of hydrogen-bond acceptors (Lipinski definition) is 9. The second-order valence-electron chi connectivity index (χ2n) is 10.3. The van der Waals surface area contributed by atoms with E-state index in [1.165, 1.54) is 6.07 Å². The molecule has 14 heteroatoms. The van der Waals surface area contributed by atoms with E-state index in [9.17, 15) is 26.8 Å². The van der Waals surface area contributed by atoms with Gasteiger partial charge >= 0.3 is 0 Å². The number of fused-ring (bicyclic) bond motifs is 1. The zero-order valence-corrected chi connectivity index (χ0v) is 25.0. The molecule has 1 atom stereocenters. The number of sulfone groups is 1. The topological polar surface area (TPSA) is 140 Å². The van der Waals surface area contributed by atoms with Gasteiger partial charge in [-0.3, -0.25) is 9.59 Å². The summed E-state index contributed by atoms with van der Waals surface area (Å²) in [6.07, 6.45) is 5.17. The van der Waals surface area contributed by atoms with Crippen LogP contribution in [-0.2, 0) is 24.2 Å². The van der Waals surface area contributed by atoms with E-state index >= 15 is 0 Å². The van der Waals surface area contributed by atoms with Crippen LogP contribution in [0.1, 0.15) is 48.7 Å². The van der Waals surface area contributed by atoms with Gasteiger partial charge < -0.3 is 15.4 Å². The fourth-order valence-electron chi connectivity index (χ4n) is 4.33. The number of nitrogens with zero attached hydrogens (tertiary/aromatic N) is 3. The van der Waals surface area contributed by atoms with Crippen molar-refractivity contribution in [2.45, 2.75) is 48.9 Å². The fraction of sp³-hybridized carbons (Fsp3) is 0.345. The number of carbonyl (C=O) groups excluding carboxylic acids is 2. The predicted octanol–water partition coefficient (Wildman–Crippen LogP) is 4.08. The van der Waals surface area contributed by atoms with Crippen molar-refractivity contribution < 1.29 is 31.5 Å². The highest BCUT2D eigenvalue weighted by Crippen LogP contribution is 2.41. The van der Waals surface area contributed by atoms with Crippen molar-refractivity contribution >= 4 is 43.2 Å². The van der Waals surface area contributed by atoms with E-state index in [1.54, 1.807) is 12.4 Å². The van der Waals surface area contributed by atoms with Crippen LogP contribution in [0.3, 0.4) is 0 Å². The van der Waals surface area contributed by atoms with E-state index in [-0.39, 0.29) is 34.7 Å². The number of amides is 2. The third kappa shape index (κ3) is 7.20. The van der Waals surface area contributed by atoms with Crippen molar-refractivity contribution in [1.82, 2.24) is 25.6 Å². The highest BCUT2D eigenvalue weighted by atomic mass is 32.2. The van der Waals surface area contributed by atoms with Gasteiger partial charge in [-0.25, -0.2) is 32.2 Å². The van der Waals surface area contributed by atoms with E-state index in [4.69, 9.17) is 4.74 Å². The van der Waals surface area contributed by atoms with Crippen molar-refractivity contribution in [3.8, 4) is 11.1 Å². The van der Waals surface area contributed by atoms with Crippen LogP contribution in [0.5, 0.6) is 0 Å². The number of carbonyl (C=O) groups is 2. The Morgan fingerprint density at radius 3 is 2.40 bits per heavy atom. The van der Waals surface area contributed by atoms with Crippen LogP contribution in [-0.4, -0.2) is 61.0 Å². The van der Waals surface area contributed by atoms with Crippen molar-refractivity contribution in [3.05, 3.63) is 71.3 Å². The molecule has 0 aliphatic heterocycles. The zero-order valence-electron chi connectivity index (χ0n) is 23.3. The Morgan fingerprint density at radius 2 is 1.74 bits per heavy atom. The lowest BCUT2D eigenvalue weighted by atomic mass is 10.1. The largest absolute Gasteiger partial charge is 0.377 e. The lowest BCUT2D eigenvalue weighted by Crippen LogP contribution is -2.41. The molecule has 43 heavy (non-hydrogen) atoms. The Balaban J connectivity index is 1.47. The number of hydrogen-bond donors (Lipinski definition) is 2. The summed E-state index contributed by atoms with van der Waals surface area (Å²) in [6, 6.07) is 6.44. The SMILES string of the molecule is CC(C)OCCNC(=O)CNC(=O)C(c1nc2cc(F)cc(-c3cnc(C4CC4)nc3)c2s1)S(=O)(=O)c1ccc(F)cc1. The maximum absolute atomic E-state index is 14.7. The molecule has 5 rings (SSSR count). The van der Waals surface area contributed by atoms with Crippen molar-refractivity contribution in [1.29, 1.82) is 0 Å². The molecule has 0 spiro atoms. The molecule has 2 aromatic heterocycles. The van der Waals surface area contributed by atoms with Crippen LogP contribution in [0.25, 0.3) is 21.3 Å². The minimum absolute atomic E-state index is 0.0218. The standard InChI is InChI=1S/C29H29F2N5O5S2/c1-16(2)41-10-9-32-24(37)15-35-28(38)26(43(39,40)21-7-5-19(30)6-8-21)29-36-23-12-20(31)11-22(25(23)42-29)18-13-33-27(34-14-18)17-3-4-17/h5-8,11-14,16-17,26H,3-4,9-10,15H2,1-2H3,(H,32,37)(H,35,38). The Labute approximate surface area is 250 Å². The monoisotopic (exact) mass is 629 g/mol. The van der Waals surface area contributed by atoms with Gasteiger partial charge in [0.2, 0.25) is 11.8 Å². The number of rotatable bonds is 12. The second kappa shape index (κ2) is 12.8. The Hall–Kier alpha value is -3.88. The summed E-state index contributed by atoms with van der Waals surface area (Å²) >= 11 is 0.901. The van der Waals surface area contributed by atoms with Crippen LogP contribution in [0.4, 0.5) is 8.78 Å². The minimum Gasteiger partial charge on any atom is -0.377 e. The number of ether oxygens (including phenoxy) is 1. The molecule has 1 aliphatic rings. The van der Waals surface area contributed by atoms with Gasteiger partial charge in [-0.1, -0.05) is 0 Å². The Kier molecular flexibility index (Phi) is 9.08. The highest BCUT2D eigenvalue weighted by Gasteiger charge is 2.39. The van der Waals surface area contributed by atoms with Crippen molar-refractivity contribution in [3.63, 3.8) is 0 Å². The van der Waals surface area contributed by atoms with Crippen molar-refractivity contribution in [2.75, 3.05) is 19.7 Å². The van der Waals surface area contributed by atoms with E-state index in [2.05, 4.69) is 25.6 Å². The van der Waals surface area contributed by atoms with Gasteiger partial charge in [-0.15, -0.1) is 11.3 Å². The molecule has 2 amide bonds. The molecule has 10 nitrogen and oxygen atoms in total. The van der Waals surface area contributed by atoms with E-state index in [1.807, 2.05) is 13.8 Å².